The molecule has 14 heteroatoms. The maximum absolute atomic E-state index is 13.5. The van der Waals surface area contributed by atoms with Crippen molar-refractivity contribution >= 4 is 52.1 Å². The molecule has 0 bridgehead atoms. The van der Waals surface area contributed by atoms with Gasteiger partial charge in [0, 0.05) is 71.8 Å². The van der Waals surface area contributed by atoms with Gasteiger partial charge in [0.2, 0.25) is 11.8 Å². The number of amides is 4. The summed E-state index contributed by atoms with van der Waals surface area (Å²) in [6.45, 7) is 9.10. The van der Waals surface area contributed by atoms with Gasteiger partial charge in [-0.3, -0.25) is 29.4 Å². The molecule has 2 aromatic carbocycles. The average Bonchev–Trinajstić information content (AvgIpc) is 3.89. The van der Waals surface area contributed by atoms with Crippen molar-refractivity contribution in [1.29, 1.82) is 0 Å². The maximum atomic E-state index is 13.5. The van der Waals surface area contributed by atoms with E-state index >= 15 is 0 Å². The molecule has 2 N–H and O–H groups in total. The van der Waals surface area contributed by atoms with Crippen molar-refractivity contribution in [2.24, 2.45) is 5.92 Å². The SMILES string of the molecule is CN1CCC[C@@H]1c1cc2cnc(NC(=O)c3ccc(OCCC4CCN(c5cccc6c5CN(C5CCC(=O)NC5=O)C6=O)CC4)cc3)cc2n1C(=O)OC(C)(C)C. The molecule has 0 saturated carbocycles. The van der Waals surface area contributed by atoms with Crippen LogP contribution in [0.5, 0.6) is 5.75 Å². The van der Waals surface area contributed by atoms with Gasteiger partial charge in [0.1, 0.15) is 23.2 Å². The van der Waals surface area contributed by atoms with Gasteiger partial charge in [-0.1, -0.05) is 6.07 Å². The summed E-state index contributed by atoms with van der Waals surface area (Å²) in [5.41, 5.74) is 3.87. The maximum Gasteiger partial charge on any atom is 0.419 e. The number of imide groups is 1. The molecule has 0 spiro atoms. The lowest BCUT2D eigenvalue weighted by Gasteiger charge is -2.35. The van der Waals surface area contributed by atoms with E-state index in [2.05, 4.69) is 38.5 Å². The summed E-state index contributed by atoms with van der Waals surface area (Å²) >= 11 is 0. The second-order valence-electron chi connectivity index (χ2n) is 16.9. The van der Waals surface area contributed by atoms with Crippen LogP contribution in [0, 0.1) is 5.92 Å². The lowest BCUT2D eigenvalue weighted by Crippen LogP contribution is -2.52. The number of carbonyl (C=O) groups is 5. The van der Waals surface area contributed by atoms with Crippen molar-refractivity contribution in [1.82, 2.24) is 24.7 Å². The van der Waals surface area contributed by atoms with Gasteiger partial charge in [0.25, 0.3) is 11.8 Å². The number of nitrogens with zero attached hydrogens (tertiary/aromatic N) is 5. The fourth-order valence-electron chi connectivity index (χ4n) is 8.79. The Morgan fingerprint density at radius 3 is 2.43 bits per heavy atom. The number of pyridine rings is 1. The number of carbonyl (C=O) groups excluding carboxylic acids is 5. The van der Waals surface area contributed by atoms with E-state index < -0.39 is 23.6 Å². The predicted octanol–water partition coefficient (Wildman–Crippen LogP) is 6.29. The molecular formula is C44H51N7O7. The molecule has 14 nitrogen and oxygen atoms in total. The highest BCUT2D eigenvalue weighted by Gasteiger charge is 2.40. The molecule has 304 valence electrons. The summed E-state index contributed by atoms with van der Waals surface area (Å²) in [4.78, 5) is 75.0. The Bertz CT molecular complexity index is 2250. The Labute approximate surface area is 337 Å². The van der Waals surface area contributed by atoms with Crippen LogP contribution < -0.4 is 20.3 Å². The highest BCUT2D eigenvalue weighted by atomic mass is 16.6. The normalized spacial score (nSPS) is 20.4. The van der Waals surface area contributed by atoms with E-state index in [0.29, 0.717) is 53.7 Å². The van der Waals surface area contributed by atoms with E-state index in [9.17, 15) is 24.0 Å². The van der Waals surface area contributed by atoms with Crippen LogP contribution in [0.1, 0.15) is 104 Å². The standard InChI is InChI=1S/C44H51N7O7/c1-44(2,3)58-43(56)51-36-24-38(45-25-29(36)23-37(51)34-9-6-19-48(34)4)46-40(53)28-10-12-30(13-11-28)57-22-18-27-16-20-49(21-17-27)33-8-5-7-31-32(33)26-50(42(31)55)35-14-15-39(52)47-41(35)54/h5,7-8,10-13,23-25,27,34-35H,6,9,14-22,26H2,1-4H3,(H,45,46,53)(H,47,52,54)/t34-,35?/m1/s1. The summed E-state index contributed by atoms with van der Waals surface area (Å²) in [6.07, 6.45) is 6.63. The number of ether oxygens (including phenoxy) is 2. The first-order chi connectivity index (χ1) is 27.8. The molecular weight excluding hydrogens is 739 g/mol. The molecule has 0 aliphatic carbocycles. The van der Waals surface area contributed by atoms with Gasteiger partial charge < -0.3 is 24.6 Å². The van der Waals surface area contributed by atoms with Gasteiger partial charge in [-0.25, -0.2) is 14.3 Å². The number of aromatic nitrogens is 2. The number of anilines is 2. The van der Waals surface area contributed by atoms with Gasteiger partial charge in [-0.05, 0) is 121 Å². The van der Waals surface area contributed by atoms with Crippen LogP contribution in [-0.2, 0) is 20.9 Å². The molecule has 4 aromatic rings. The first-order valence-electron chi connectivity index (χ1n) is 20.3. The van der Waals surface area contributed by atoms with Crippen molar-refractivity contribution in [2.75, 3.05) is 43.5 Å². The van der Waals surface area contributed by atoms with Crippen molar-refractivity contribution in [2.45, 2.75) is 89.9 Å². The zero-order valence-corrected chi connectivity index (χ0v) is 33.6. The van der Waals surface area contributed by atoms with E-state index in [4.69, 9.17) is 9.47 Å². The molecule has 58 heavy (non-hydrogen) atoms. The number of hydrogen-bond acceptors (Lipinski definition) is 10. The van der Waals surface area contributed by atoms with Gasteiger partial charge in [-0.15, -0.1) is 0 Å². The second-order valence-corrected chi connectivity index (χ2v) is 16.9. The van der Waals surface area contributed by atoms with Crippen LogP contribution in [0.25, 0.3) is 10.9 Å². The second kappa shape index (κ2) is 15.9. The lowest BCUT2D eigenvalue weighted by molar-refractivity contribution is -0.136. The minimum atomic E-state index is -0.675. The van der Waals surface area contributed by atoms with Gasteiger partial charge in [0.15, 0.2) is 0 Å². The lowest BCUT2D eigenvalue weighted by atomic mass is 9.93. The zero-order valence-electron chi connectivity index (χ0n) is 33.6. The Hall–Kier alpha value is -5.76. The van der Waals surface area contributed by atoms with Crippen LogP contribution >= 0.6 is 0 Å². The highest BCUT2D eigenvalue weighted by Crippen LogP contribution is 2.37. The van der Waals surface area contributed by atoms with E-state index in [1.54, 1.807) is 46.0 Å². The first kappa shape index (κ1) is 39.1. The fourth-order valence-corrected chi connectivity index (χ4v) is 8.79. The summed E-state index contributed by atoms with van der Waals surface area (Å²) in [5.74, 6) is 0.314. The van der Waals surface area contributed by atoms with Gasteiger partial charge >= 0.3 is 6.09 Å². The minimum absolute atomic E-state index is 0.0736. The van der Waals surface area contributed by atoms with Crippen molar-refractivity contribution in [3.63, 3.8) is 0 Å². The third kappa shape index (κ3) is 8.02. The van der Waals surface area contributed by atoms with Crippen molar-refractivity contribution in [3.05, 3.63) is 83.2 Å². The number of fused-ring (bicyclic) bond motifs is 2. The molecule has 3 fully saturated rings. The first-order valence-corrected chi connectivity index (χ1v) is 20.3. The smallest absolute Gasteiger partial charge is 0.419 e. The molecule has 8 rings (SSSR count). The Morgan fingerprint density at radius 1 is 0.948 bits per heavy atom. The summed E-state index contributed by atoms with van der Waals surface area (Å²) in [7, 11) is 2.06. The third-order valence-corrected chi connectivity index (χ3v) is 11.8. The third-order valence-electron chi connectivity index (χ3n) is 11.8. The van der Waals surface area contributed by atoms with Crippen LogP contribution in [0.3, 0.4) is 0 Å². The van der Waals surface area contributed by atoms with E-state index in [1.807, 2.05) is 39.0 Å². The Morgan fingerprint density at radius 2 is 1.72 bits per heavy atom. The number of piperidine rings is 2. The van der Waals surface area contributed by atoms with Gasteiger partial charge in [-0.2, -0.15) is 0 Å². The molecule has 4 aliphatic rings. The van der Waals surface area contributed by atoms with Crippen LogP contribution in [0.4, 0.5) is 16.3 Å². The summed E-state index contributed by atoms with van der Waals surface area (Å²) in [6, 6.07) is 16.0. The number of hydrogen-bond donors (Lipinski definition) is 2. The molecule has 4 aliphatic heterocycles. The van der Waals surface area contributed by atoms with Crippen molar-refractivity contribution in [3.8, 4) is 5.75 Å². The summed E-state index contributed by atoms with van der Waals surface area (Å²) < 4.78 is 13.5. The topological polar surface area (TPSA) is 155 Å². The number of likely N-dealkylation sites (tertiary alicyclic amines) is 1. The van der Waals surface area contributed by atoms with Crippen LogP contribution in [0.15, 0.2) is 60.8 Å². The monoisotopic (exact) mass is 789 g/mol. The minimum Gasteiger partial charge on any atom is -0.494 e. The van der Waals surface area contributed by atoms with Crippen LogP contribution in [-0.4, -0.2) is 94.0 Å². The zero-order chi connectivity index (χ0) is 40.7. The molecule has 3 saturated heterocycles. The highest BCUT2D eigenvalue weighted by molar-refractivity contribution is 6.06. The van der Waals surface area contributed by atoms with E-state index in [1.165, 1.54) is 0 Å². The van der Waals surface area contributed by atoms with Crippen molar-refractivity contribution < 1.29 is 33.4 Å². The van der Waals surface area contributed by atoms with E-state index in [-0.39, 0.29) is 30.2 Å². The number of benzene rings is 2. The molecule has 1 unspecified atom stereocenters. The molecule has 4 amide bonds. The number of nitrogens with one attached hydrogen (secondary N) is 2. The quantitative estimate of drug-likeness (QED) is 0.185. The Balaban J connectivity index is 0.840. The average molecular weight is 790 g/mol. The fraction of sp³-hybridized carbons (Fsp3) is 0.455. The number of rotatable bonds is 9. The van der Waals surface area contributed by atoms with Crippen LogP contribution in [0.2, 0.25) is 0 Å². The van der Waals surface area contributed by atoms with Gasteiger partial charge in [0.05, 0.1) is 18.2 Å². The molecule has 2 aromatic heterocycles. The molecule has 2 atom stereocenters. The Kier molecular flexibility index (Phi) is 10.7. The largest absolute Gasteiger partial charge is 0.494 e. The summed E-state index contributed by atoms with van der Waals surface area (Å²) in [5, 5.41) is 6.06. The molecule has 6 heterocycles. The molecule has 0 radical (unpaired) electrons. The predicted molar refractivity (Wildman–Crippen MR) is 218 cm³/mol. The van der Waals surface area contributed by atoms with E-state index in [0.717, 1.165) is 74.1 Å².